The average Bonchev–Trinajstić information content (AvgIpc) is 2.74. The van der Waals surface area contributed by atoms with E-state index in [2.05, 4.69) is 10.1 Å². The number of benzene rings is 2. The van der Waals surface area contributed by atoms with Crippen LogP contribution in [-0.2, 0) is 20.9 Å². The van der Waals surface area contributed by atoms with Crippen molar-refractivity contribution in [1.29, 1.82) is 0 Å². The highest BCUT2D eigenvalue weighted by Gasteiger charge is 2.06. The molecule has 0 heterocycles. The summed E-state index contributed by atoms with van der Waals surface area (Å²) in [4.78, 5) is 22.9. The van der Waals surface area contributed by atoms with E-state index >= 15 is 0 Å². The van der Waals surface area contributed by atoms with Crippen molar-refractivity contribution in [2.24, 2.45) is 0 Å². The van der Waals surface area contributed by atoms with Gasteiger partial charge in [0.25, 0.3) is 0 Å². The molecule has 0 aliphatic rings. The van der Waals surface area contributed by atoms with Crippen molar-refractivity contribution in [3.05, 3.63) is 64.7 Å². The summed E-state index contributed by atoms with van der Waals surface area (Å²) < 4.78 is 15.8. The van der Waals surface area contributed by atoms with E-state index in [1.165, 1.54) is 13.2 Å². The van der Waals surface area contributed by atoms with E-state index in [0.29, 0.717) is 36.1 Å². The average molecular weight is 418 g/mol. The Kier molecular flexibility index (Phi) is 9.05. The van der Waals surface area contributed by atoms with Crippen molar-refractivity contribution >= 4 is 29.6 Å². The van der Waals surface area contributed by atoms with Crippen LogP contribution in [0.25, 0.3) is 6.08 Å². The van der Waals surface area contributed by atoms with E-state index in [0.717, 1.165) is 11.1 Å². The molecule has 0 aliphatic carbocycles. The summed E-state index contributed by atoms with van der Waals surface area (Å²) in [6.45, 7) is 0.787. The number of hydrogen-bond acceptors (Lipinski definition) is 5. The molecule has 0 fully saturated rings. The molecule has 2 aromatic carbocycles. The second kappa shape index (κ2) is 11.8. The number of hydrogen-bond donors (Lipinski definition) is 1. The van der Waals surface area contributed by atoms with Gasteiger partial charge in [0, 0.05) is 24.1 Å². The molecule has 7 heteroatoms. The largest absolute Gasteiger partial charge is 0.493 e. The molecule has 0 aromatic heterocycles. The summed E-state index contributed by atoms with van der Waals surface area (Å²) >= 11 is 5.89. The predicted octanol–water partition coefficient (Wildman–Crippen LogP) is 4.01. The zero-order valence-electron chi connectivity index (χ0n) is 16.4. The first-order chi connectivity index (χ1) is 14.0. The van der Waals surface area contributed by atoms with Crippen molar-refractivity contribution in [2.45, 2.75) is 19.4 Å². The summed E-state index contributed by atoms with van der Waals surface area (Å²) in [5.74, 6) is 0.642. The normalized spacial score (nSPS) is 10.6. The highest BCUT2D eigenvalue weighted by atomic mass is 35.5. The summed E-state index contributed by atoms with van der Waals surface area (Å²) in [6.07, 6.45) is 3.91. The van der Waals surface area contributed by atoms with Crippen LogP contribution in [0.15, 0.2) is 48.5 Å². The van der Waals surface area contributed by atoms with Crippen molar-refractivity contribution in [2.75, 3.05) is 20.8 Å². The van der Waals surface area contributed by atoms with Gasteiger partial charge in [-0.25, -0.2) is 0 Å². The lowest BCUT2D eigenvalue weighted by Gasteiger charge is -2.11. The first-order valence-corrected chi connectivity index (χ1v) is 9.47. The molecule has 0 saturated heterocycles. The fourth-order valence-corrected chi connectivity index (χ4v) is 2.55. The molecular formula is C22H24ClNO5. The van der Waals surface area contributed by atoms with Crippen LogP contribution in [0.1, 0.15) is 24.0 Å². The van der Waals surface area contributed by atoms with Crippen LogP contribution in [0.5, 0.6) is 11.5 Å². The van der Waals surface area contributed by atoms with Crippen LogP contribution < -0.4 is 14.8 Å². The van der Waals surface area contributed by atoms with Crippen LogP contribution in [0, 0.1) is 0 Å². The summed E-state index contributed by atoms with van der Waals surface area (Å²) in [6, 6.07) is 12.8. The monoisotopic (exact) mass is 417 g/mol. The summed E-state index contributed by atoms with van der Waals surface area (Å²) in [5, 5.41) is 3.39. The van der Waals surface area contributed by atoms with Gasteiger partial charge in [-0.1, -0.05) is 29.8 Å². The number of esters is 1. The van der Waals surface area contributed by atoms with Crippen LogP contribution >= 0.6 is 11.6 Å². The lowest BCUT2D eigenvalue weighted by atomic mass is 10.2. The predicted molar refractivity (Wildman–Crippen MR) is 112 cm³/mol. The van der Waals surface area contributed by atoms with Gasteiger partial charge in [0.2, 0.25) is 5.91 Å². The third-order valence-corrected chi connectivity index (χ3v) is 4.26. The molecule has 2 rings (SSSR count). The lowest BCUT2D eigenvalue weighted by molar-refractivity contribution is -0.140. The topological polar surface area (TPSA) is 73.9 Å². The Morgan fingerprint density at radius 2 is 1.83 bits per heavy atom. The van der Waals surface area contributed by atoms with Gasteiger partial charge in [0.15, 0.2) is 11.5 Å². The second-order valence-corrected chi connectivity index (χ2v) is 6.57. The number of nitrogens with one attached hydrogen (secondary N) is 1. The highest BCUT2D eigenvalue weighted by Crippen LogP contribution is 2.29. The second-order valence-electron chi connectivity index (χ2n) is 6.13. The van der Waals surface area contributed by atoms with E-state index in [1.807, 2.05) is 30.3 Å². The fourth-order valence-electron chi connectivity index (χ4n) is 2.43. The number of carbonyl (C=O) groups excluding carboxylic acids is 2. The Morgan fingerprint density at radius 1 is 1.07 bits per heavy atom. The first-order valence-electron chi connectivity index (χ1n) is 9.10. The molecule has 2 aromatic rings. The zero-order chi connectivity index (χ0) is 21.1. The molecule has 0 radical (unpaired) electrons. The zero-order valence-corrected chi connectivity index (χ0v) is 17.2. The van der Waals surface area contributed by atoms with Gasteiger partial charge in [-0.2, -0.15) is 0 Å². The number of amides is 1. The maximum absolute atomic E-state index is 11.9. The van der Waals surface area contributed by atoms with Gasteiger partial charge in [-0.3, -0.25) is 9.59 Å². The molecule has 29 heavy (non-hydrogen) atoms. The van der Waals surface area contributed by atoms with Crippen LogP contribution in [0.2, 0.25) is 5.02 Å². The minimum atomic E-state index is -0.291. The molecule has 0 spiro atoms. The quantitative estimate of drug-likeness (QED) is 0.359. The van der Waals surface area contributed by atoms with Gasteiger partial charge >= 0.3 is 5.97 Å². The third-order valence-electron chi connectivity index (χ3n) is 4.01. The molecule has 0 aliphatic heterocycles. The molecule has 154 valence electrons. The Morgan fingerprint density at radius 3 is 2.52 bits per heavy atom. The SMILES string of the molecule is COC(=O)CCCNC(=O)/C=C/c1ccc(OCc2ccc(Cl)cc2)c(OC)c1. The minimum absolute atomic E-state index is 0.239. The Bertz CT molecular complexity index is 849. The number of carbonyl (C=O) groups is 2. The Labute approximate surface area is 175 Å². The molecule has 1 N–H and O–H groups in total. The Hall–Kier alpha value is -2.99. The molecule has 0 saturated carbocycles. The first kappa shape index (κ1) is 22.3. The van der Waals surface area contributed by atoms with E-state index in [4.69, 9.17) is 21.1 Å². The maximum Gasteiger partial charge on any atom is 0.305 e. The molecular weight excluding hydrogens is 394 g/mol. The summed E-state index contributed by atoms with van der Waals surface area (Å²) in [5.41, 5.74) is 1.79. The van der Waals surface area contributed by atoms with E-state index in [1.54, 1.807) is 25.3 Å². The van der Waals surface area contributed by atoms with Crippen LogP contribution in [0.3, 0.4) is 0 Å². The van der Waals surface area contributed by atoms with E-state index in [-0.39, 0.29) is 18.3 Å². The van der Waals surface area contributed by atoms with Crippen molar-refractivity contribution < 1.29 is 23.8 Å². The third kappa shape index (κ3) is 7.87. The molecule has 0 unspecified atom stereocenters. The standard InChI is InChI=1S/C22H24ClNO5/c1-27-20-14-16(8-12-21(25)24-13-3-4-22(26)28-2)7-11-19(20)29-15-17-5-9-18(23)10-6-17/h5-12,14H,3-4,13,15H2,1-2H3,(H,24,25)/b12-8+. The molecule has 0 bridgehead atoms. The fraction of sp³-hybridized carbons (Fsp3) is 0.273. The van der Waals surface area contributed by atoms with E-state index in [9.17, 15) is 9.59 Å². The molecule has 6 nitrogen and oxygen atoms in total. The van der Waals surface area contributed by atoms with Crippen LogP contribution in [-0.4, -0.2) is 32.6 Å². The van der Waals surface area contributed by atoms with E-state index < -0.39 is 0 Å². The maximum atomic E-state index is 11.9. The van der Waals surface area contributed by atoms with Gasteiger partial charge < -0.3 is 19.5 Å². The van der Waals surface area contributed by atoms with Crippen molar-refractivity contribution in [1.82, 2.24) is 5.32 Å². The number of rotatable bonds is 10. The van der Waals surface area contributed by atoms with Crippen molar-refractivity contribution in [3.8, 4) is 11.5 Å². The van der Waals surface area contributed by atoms with Gasteiger partial charge in [-0.05, 0) is 47.9 Å². The van der Waals surface area contributed by atoms with Gasteiger partial charge in [-0.15, -0.1) is 0 Å². The van der Waals surface area contributed by atoms with Crippen molar-refractivity contribution in [3.63, 3.8) is 0 Å². The van der Waals surface area contributed by atoms with Crippen LogP contribution in [0.4, 0.5) is 0 Å². The molecule has 1 amide bonds. The molecule has 0 atom stereocenters. The number of methoxy groups -OCH3 is 2. The number of halogens is 1. The smallest absolute Gasteiger partial charge is 0.305 e. The highest BCUT2D eigenvalue weighted by molar-refractivity contribution is 6.30. The van der Waals surface area contributed by atoms with Gasteiger partial charge in [0.1, 0.15) is 6.61 Å². The lowest BCUT2D eigenvalue weighted by Crippen LogP contribution is -2.22. The van der Waals surface area contributed by atoms with Gasteiger partial charge in [0.05, 0.1) is 14.2 Å². The Balaban J connectivity index is 1.88. The number of ether oxygens (including phenoxy) is 3. The summed E-state index contributed by atoms with van der Waals surface area (Å²) in [7, 11) is 2.90. The minimum Gasteiger partial charge on any atom is -0.493 e.